The van der Waals surface area contributed by atoms with E-state index in [-0.39, 0.29) is 40.8 Å². The number of halogens is 4. The molecule has 0 radical (unpaired) electrons. The zero-order chi connectivity index (χ0) is 20.5. The number of aliphatic imine (C=N–C) groups is 1. The second-order valence-corrected chi connectivity index (χ2v) is 6.76. The lowest BCUT2D eigenvalue weighted by molar-refractivity contribution is -0.0146. The lowest BCUT2D eigenvalue weighted by atomic mass is 9.88. The normalized spacial score (nSPS) is 19.5. The van der Waals surface area contributed by atoms with Crippen molar-refractivity contribution in [2.75, 3.05) is 18.9 Å². The van der Waals surface area contributed by atoms with Gasteiger partial charge < -0.3 is 16.2 Å². The summed E-state index contributed by atoms with van der Waals surface area (Å²) in [7, 11) is 0. The van der Waals surface area contributed by atoms with Crippen LogP contribution >= 0.6 is 11.6 Å². The van der Waals surface area contributed by atoms with Gasteiger partial charge in [0.15, 0.2) is 11.3 Å². The molecule has 3 rings (SSSR count). The number of alkyl halides is 2. The third-order valence-corrected chi connectivity index (χ3v) is 4.49. The fraction of sp³-hybridized carbons (Fsp3) is 0.278. The van der Waals surface area contributed by atoms with Crippen LogP contribution in [0.2, 0.25) is 5.02 Å². The van der Waals surface area contributed by atoms with E-state index in [0.29, 0.717) is 0 Å². The average Bonchev–Trinajstić information content (AvgIpc) is 2.62. The maximum atomic E-state index is 14.4. The number of amidine groups is 1. The van der Waals surface area contributed by atoms with Gasteiger partial charge in [0.1, 0.15) is 24.0 Å². The van der Waals surface area contributed by atoms with E-state index in [1.54, 1.807) is 0 Å². The number of carbonyl (C=O) groups is 1. The van der Waals surface area contributed by atoms with Gasteiger partial charge in [0.25, 0.3) is 6.43 Å². The number of pyridine rings is 1. The summed E-state index contributed by atoms with van der Waals surface area (Å²) in [6.45, 7) is -0.652. The quantitative estimate of drug-likeness (QED) is 0.735. The zero-order valence-corrected chi connectivity index (χ0v) is 15.2. The minimum atomic E-state index is -3.07. The van der Waals surface area contributed by atoms with Crippen molar-refractivity contribution in [1.29, 1.82) is 0 Å². The van der Waals surface area contributed by atoms with E-state index in [2.05, 4.69) is 9.98 Å². The molecule has 1 aromatic heterocycles. The van der Waals surface area contributed by atoms with Crippen molar-refractivity contribution in [2.45, 2.75) is 18.4 Å². The first-order chi connectivity index (χ1) is 13.2. The molecule has 0 spiro atoms. The molecule has 4 N–H and O–H groups in total. The molecule has 0 fully saturated rings. The highest BCUT2D eigenvalue weighted by atomic mass is 35.5. The molecular weight excluding hydrogens is 397 g/mol. The summed E-state index contributed by atoms with van der Waals surface area (Å²) in [6.07, 6.45) is -2.03. The average molecular weight is 413 g/mol. The third-order valence-electron chi connectivity index (χ3n) is 4.29. The van der Waals surface area contributed by atoms with Crippen molar-refractivity contribution in [3.63, 3.8) is 0 Å². The van der Waals surface area contributed by atoms with Gasteiger partial charge in [-0.1, -0.05) is 17.7 Å². The molecule has 1 aliphatic heterocycles. The van der Waals surface area contributed by atoms with Crippen molar-refractivity contribution in [1.82, 2.24) is 4.98 Å². The second-order valence-electron chi connectivity index (χ2n) is 6.33. The first-order valence-corrected chi connectivity index (χ1v) is 8.54. The molecule has 2 aromatic rings. The molecule has 0 unspecified atom stereocenters. The number of hydrogen-bond acceptors (Lipinski definition) is 6. The predicted octanol–water partition coefficient (Wildman–Crippen LogP) is 2.73. The summed E-state index contributed by atoms with van der Waals surface area (Å²) in [5.74, 6) is -1.53. The Hall–Kier alpha value is -2.65. The third kappa shape index (κ3) is 3.81. The van der Waals surface area contributed by atoms with Gasteiger partial charge >= 0.3 is 0 Å². The number of ketones is 1. The zero-order valence-electron chi connectivity index (χ0n) is 14.5. The minimum Gasteiger partial charge on any atom is -0.397 e. The number of ether oxygens (including phenoxy) is 1. The standard InChI is InChI=1S/C18H16ClF3N4O2/c19-10-5-13(23)16(25-6-10)14(27)4-9-1-2-12(20)11(3-9)18(17(21)22)8-28-7-15(24)26-18/h1-3,5-6,17H,4,7-8,23H2,(H2,24,26)/t18-/m0/s1. The van der Waals surface area contributed by atoms with Gasteiger partial charge in [-0.3, -0.25) is 9.79 Å². The van der Waals surface area contributed by atoms with Gasteiger partial charge in [-0.25, -0.2) is 18.2 Å². The van der Waals surface area contributed by atoms with E-state index in [4.69, 9.17) is 27.8 Å². The molecule has 0 aliphatic carbocycles. The van der Waals surface area contributed by atoms with E-state index in [9.17, 15) is 18.0 Å². The maximum absolute atomic E-state index is 14.4. The lowest BCUT2D eigenvalue weighted by Gasteiger charge is -2.33. The van der Waals surface area contributed by atoms with Gasteiger partial charge in [-0.15, -0.1) is 0 Å². The molecular formula is C18H16ClF3N4O2. The molecule has 10 heteroatoms. The molecule has 148 valence electrons. The van der Waals surface area contributed by atoms with E-state index < -0.39 is 35.7 Å². The Balaban J connectivity index is 1.97. The molecule has 0 amide bonds. The summed E-state index contributed by atoms with van der Waals surface area (Å²) in [4.78, 5) is 20.2. The Morgan fingerprint density at radius 3 is 2.71 bits per heavy atom. The SMILES string of the molecule is NC1=N[C@@](c2cc(CC(=O)c3ncc(Cl)cc3N)ccc2F)(C(F)F)COC1. The number of anilines is 1. The van der Waals surface area contributed by atoms with Gasteiger partial charge in [-0.2, -0.15) is 0 Å². The van der Waals surface area contributed by atoms with E-state index in [0.717, 1.165) is 12.1 Å². The van der Waals surface area contributed by atoms with Crippen molar-refractivity contribution >= 4 is 28.9 Å². The van der Waals surface area contributed by atoms with E-state index >= 15 is 0 Å². The number of nitrogens with two attached hydrogens (primary N) is 2. The van der Waals surface area contributed by atoms with Crippen molar-refractivity contribution < 1.29 is 22.7 Å². The molecule has 1 aliphatic rings. The van der Waals surface area contributed by atoms with Gasteiger partial charge in [0, 0.05) is 18.2 Å². The van der Waals surface area contributed by atoms with Crippen LogP contribution in [-0.4, -0.2) is 36.2 Å². The topological polar surface area (TPSA) is 104 Å². The first kappa shape index (κ1) is 20.1. The van der Waals surface area contributed by atoms with Crippen LogP contribution in [0.5, 0.6) is 0 Å². The Labute approximate surface area is 163 Å². The number of aromatic nitrogens is 1. The summed E-state index contributed by atoms with van der Waals surface area (Å²) in [5, 5.41) is 0.268. The number of nitrogen functional groups attached to an aromatic ring is 1. The van der Waals surface area contributed by atoms with Crippen molar-refractivity contribution in [3.8, 4) is 0 Å². The van der Waals surface area contributed by atoms with Crippen LogP contribution in [0.3, 0.4) is 0 Å². The predicted molar refractivity (Wildman–Crippen MR) is 98.2 cm³/mol. The molecule has 1 atom stereocenters. The summed E-state index contributed by atoms with van der Waals surface area (Å²) in [5.41, 5.74) is 8.98. The number of benzene rings is 1. The maximum Gasteiger partial charge on any atom is 0.269 e. The van der Waals surface area contributed by atoms with Crippen LogP contribution in [0.25, 0.3) is 0 Å². The molecule has 28 heavy (non-hydrogen) atoms. The number of rotatable bonds is 5. The summed E-state index contributed by atoms with van der Waals surface area (Å²) >= 11 is 5.76. The first-order valence-electron chi connectivity index (χ1n) is 8.16. The summed E-state index contributed by atoms with van der Waals surface area (Å²) in [6, 6.07) is 4.86. The van der Waals surface area contributed by atoms with Gasteiger partial charge in [0.05, 0.1) is 17.3 Å². The van der Waals surface area contributed by atoms with Crippen molar-refractivity contribution in [2.24, 2.45) is 10.7 Å². The van der Waals surface area contributed by atoms with E-state index in [1.807, 2.05) is 0 Å². The number of hydrogen-bond donors (Lipinski definition) is 2. The Morgan fingerprint density at radius 2 is 2.07 bits per heavy atom. The fourth-order valence-corrected chi connectivity index (χ4v) is 3.14. The summed E-state index contributed by atoms with van der Waals surface area (Å²) < 4.78 is 47.2. The highest BCUT2D eigenvalue weighted by Gasteiger charge is 2.46. The fourth-order valence-electron chi connectivity index (χ4n) is 2.97. The van der Waals surface area contributed by atoms with Crippen LogP contribution in [0.15, 0.2) is 35.5 Å². The molecule has 0 saturated heterocycles. The monoisotopic (exact) mass is 412 g/mol. The number of Topliss-reactive ketones (excluding diaryl/α,β-unsaturated/α-hetero) is 1. The minimum absolute atomic E-state index is 0.0119. The van der Waals surface area contributed by atoms with Crippen LogP contribution in [0.4, 0.5) is 18.9 Å². The highest BCUT2D eigenvalue weighted by Crippen LogP contribution is 2.37. The van der Waals surface area contributed by atoms with Crippen LogP contribution < -0.4 is 11.5 Å². The van der Waals surface area contributed by atoms with Crippen LogP contribution in [0, 0.1) is 5.82 Å². The largest absolute Gasteiger partial charge is 0.397 e. The second kappa shape index (κ2) is 7.76. The Kier molecular flexibility index (Phi) is 5.57. The Morgan fingerprint density at radius 1 is 1.32 bits per heavy atom. The molecule has 0 saturated carbocycles. The molecule has 2 heterocycles. The smallest absolute Gasteiger partial charge is 0.269 e. The van der Waals surface area contributed by atoms with Crippen LogP contribution in [0.1, 0.15) is 21.6 Å². The van der Waals surface area contributed by atoms with Gasteiger partial charge in [0.2, 0.25) is 0 Å². The number of carbonyl (C=O) groups excluding carboxylic acids is 1. The molecule has 6 nitrogen and oxygen atoms in total. The number of nitrogens with zero attached hydrogens (tertiary/aromatic N) is 2. The van der Waals surface area contributed by atoms with E-state index in [1.165, 1.54) is 18.3 Å². The van der Waals surface area contributed by atoms with Crippen molar-refractivity contribution in [3.05, 3.63) is 58.1 Å². The molecule has 1 aromatic carbocycles. The van der Waals surface area contributed by atoms with Gasteiger partial charge in [-0.05, 0) is 23.8 Å². The molecule has 0 bridgehead atoms. The lowest BCUT2D eigenvalue weighted by Crippen LogP contribution is -2.45. The van der Waals surface area contributed by atoms with Crippen LogP contribution in [-0.2, 0) is 16.7 Å². The Bertz CT molecular complexity index is 954. The highest BCUT2D eigenvalue weighted by molar-refractivity contribution is 6.30.